The van der Waals surface area contributed by atoms with Gasteiger partial charge < -0.3 is 5.32 Å². The van der Waals surface area contributed by atoms with Crippen LogP contribution in [-0.4, -0.2) is 17.9 Å². The summed E-state index contributed by atoms with van der Waals surface area (Å²) in [4.78, 5) is 11.3. The number of carbonyl (C=O) groups excluding carboxylic acids is 1. The number of alkyl halides is 2. The number of hydrogen-bond acceptors (Lipinski definition) is 1. The van der Waals surface area contributed by atoms with E-state index in [1.54, 1.807) is 0 Å². The van der Waals surface area contributed by atoms with Gasteiger partial charge in [0.2, 0.25) is 5.91 Å². The van der Waals surface area contributed by atoms with Gasteiger partial charge in [-0.15, -0.1) is 0 Å². The molecule has 2 atom stereocenters. The number of nitrogens with one attached hydrogen (secondary N) is 1. The molecule has 1 amide bonds. The summed E-state index contributed by atoms with van der Waals surface area (Å²) in [6.07, 6.45) is -0.296. The van der Waals surface area contributed by atoms with Crippen LogP contribution in [0.5, 0.6) is 0 Å². The Labute approximate surface area is 83.1 Å². The summed E-state index contributed by atoms with van der Waals surface area (Å²) in [7, 11) is 0. The summed E-state index contributed by atoms with van der Waals surface area (Å²) < 4.78 is 25.1. The topological polar surface area (TPSA) is 29.1 Å². The van der Waals surface area contributed by atoms with Gasteiger partial charge in [-0.3, -0.25) is 4.79 Å². The van der Waals surface area contributed by atoms with Crippen LogP contribution in [0.1, 0.15) is 34.1 Å². The Morgan fingerprint density at radius 3 is 2.21 bits per heavy atom. The zero-order chi connectivity index (χ0) is 11.1. The van der Waals surface area contributed by atoms with Crippen molar-refractivity contribution in [3.63, 3.8) is 0 Å². The Kier molecular flexibility index (Phi) is 2.59. The monoisotopic (exact) mass is 205 g/mol. The summed E-state index contributed by atoms with van der Waals surface area (Å²) in [5, 5.41) is 2.62. The van der Waals surface area contributed by atoms with Gasteiger partial charge in [0, 0.05) is 12.5 Å². The fraction of sp³-hybridized carbons (Fsp3) is 0.900. The molecule has 0 bridgehead atoms. The lowest BCUT2D eigenvalue weighted by Gasteiger charge is -2.28. The van der Waals surface area contributed by atoms with Crippen molar-refractivity contribution < 1.29 is 13.6 Å². The summed E-state index contributed by atoms with van der Waals surface area (Å²) >= 11 is 0. The average Bonchev–Trinajstić information content (AvgIpc) is 2.57. The van der Waals surface area contributed by atoms with Gasteiger partial charge in [0.05, 0.1) is 0 Å². The molecule has 1 aliphatic rings. The fourth-order valence-corrected chi connectivity index (χ4v) is 1.03. The fourth-order valence-electron chi connectivity index (χ4n) is 1.03. The second kappa shape index (κ2) is 3.17. The van der Waals surface area contributed by atoms with Crippen molar-refractivity contribution in [1.29, 1.82) is 0 Å². The first kappa shape index (κ1) is 11.4. The maximum absolute atomic E-state index is 12.5. The smallest absolute Gasteiger partial charge is 0.260 e. The molecule has 1 aliphatic carbocycles. The molecule has 0 aliphatic heterocycles. The minimum absolute atomic E-state index is 0.0913. The van der Waals surface area contributed by atoms with Crippen molar-refractivity contribution in [3.05, 3.63) is 0 Å². The first-order valence-electron chi connectivity index (χ1n) is 4.83. The van der Waals surface area contributed by atoms with Crippen LogP contribution in [0.15, 0.2) is 0 Å². The molecule has 1 N–H and O–H groups in total. The van der Waals surface area contributed by atoms with Gasteiger partial charge in [-0.2, -0.15) is 0 Å². The van der Waals surface area contributed by atoms with E-state index in [0.29, 0.717) is 0 Å². The number of amides is 1. The van der Waals surface area contributed by atoms with E-state index in [9.17, 15) is 13.6 Å². The van der Waals surface area contributed by atoms with E-state index in [-0.39, 0.29) is 17.9 Å². The molecule has 1 rings (SSSR count). The molecule has 4 heteroatoms. The van der Waals surface area contributed by atoms with Gasteiger partial charge in [-0.25, -0.2) is 8.78 Å². The number of carbonyl (C=O) groups is 1. The van der Waals surface area contributed by atoms with Crippen molar-refractivity contribution in [3.8, 4) is 0 Å². The lowest BCUT2D eigenvalue weighted by Crippen LogP contribution is -2.42. The second-order valence-electron chi connectivity index (χ2n) is 5.11. The summed E-state index contributed by atoms with van der Waals surface area (Å²) in [5.41, 5.74) is -0.0974. The van der Waals surface area contributed by atoms with Crippen molar-refractivity contribution in [2.75, 3.05) is 0 Å². The summed E-state index contributed by atoms with van der Waals surface area (Å²) in [6.45, 7) is 7.72. The predicted molar refractivity (Wildman–Crippen MR) is 50.1 cm³/mol. The van der Waals surface area contributed by atoms with Crippen molar-refractivity contribution >= 4 is 5.91 Å². The minimum Gasteiger partial charge on any atom is -0.353 e. The SMILES string of the molecule is CC(NC(=O)C1CC1(F)F)C(C)(C)C. The van der Waals surface area contributed by atoms with Crippen LogP contribution in [0, 0.1) is 11.3 Å². The molecule has 82 valence electrons. The molecule has 14 heavy (non-hydrogen) atoms. The highest BCUT2D eigenvalue weighted by atomic mass is 19.3. The summed E-state index contributed by atoms with van der Waals surface area (Å²) in [5.74, 6) is -4.37. The van der Waals surface area contributed by atoms with E-state index in [0.717, 1.165) is 0 Å². The molecule has 2 nitrogen and oxygen atoms in total. The third kappa shape index (κ3) is 2.42. The largest absolute Gasteiger partial charge is 0.353 e. The Balaban J connectivity index is 2.43. The second-order valence-corrected chi connectivity index (χ2v) is 5.11. The zero-order valence-corrected chi connectivity index (χ0v) is 9.03. The molecule has 0 spiro atoms. The Bertz CT molecular complexity index is 245. The van der Waals surface area contributed by atoms with Crippen molar-refractivity contribution in [2.45, 2.75) is 46.1 Å². The predicted octanol–water partition coefficient (Wildman–Crippen LogP) is 2.19. The molecule has 0 heterocycles. The van der Waals surface area contributed by atoms with Gasteiger partial charge in [-0.1, -0.05) is 20.8 Å². The van der Waals surface area contributed by atoms with E-state index in [1.807, 2.05) is 27.7 Å². The minimum atomic E-state index is -2.76. The van der Waals surface area contributed by atoms with E-state index in [4.69, 9.17) is 0 Å². The number of hydrogen-bond donors (Lipinski definition) is 1. The van der Waals surface area contributed by atoms with Crippen LogP contribution in [0.3, 0.4) is 0 Å². The summed E-state index contributed by atoms with van der Waals surface area (Å²) in [6, 6.07) is -0.0913. The molecule has 1 saturated carbocycles. The Morgan fingerprint density at radius 1 is 1.50 bits per heavy atom. The normalized spacial score (nSPS) is 26.9. The van der Waals surface area contributed by atoms with Crippen LogP contribution in [0.25, 0.3) is 0 Å². The zero-order valence-electron chi connectivity index (χ0n) is 9.03. The Morgan fingerprint density at radius 2 is 1.93 bits per heavy atom. The first-order chi connectivity index (χ1) is 6.14. The highest BCUT2D eigenvalue weighted by Gasteiger charge is 2.61. The van der Waals surface area contributed by atoms with Crippen LogP contribution in [0.4, 0.5) is 8.78 Å². The van der Waals surface area contributed by atoms with Crippen LogP contribution < -0.4 is 5.32 Å². The maximum Gasteiger partial charge on any atom is 0.260 e. The van der Waals surface area contributed by atoms with Gasteiger partial charge in [0.25, 0.3) is 5.92 Å². The first-order valence-corrected chi connectivity index (χ1v) is 4.83. The van der Waals surface area contributed by atoms with Gasteiger partial charge in [-0.05, 0) is 12.3 Å². The van der Waals surface area contributed by atoms with E-state index in [2.05, 4.69) is 5.32 Å². The van der Waals surface area contributed by atoms with Gasteiger partial charge in [0.1, 0.15) is 5.92 Å². The van der Waals surface area contributed by atoms with E-state index >= 15 is 0 Å². The third-order valence-corrected chi connectivity index (χ3v) is 2.80. The van der Waals surface area contributed by atoms with Gasteiger partial charge >= 0.3 is 0 Å². The molecular weight excluding hydrogens is 188 g/mol. The standard InChI is InChI=1S/C10H17F2NO/c1-6(9(2,3)4)13-8(14)7-5-10(7,11)12/h6-7H,5H2,1-4H3,(H,13,14). The van der Waals surface area contributed by atoms with Crippen LogP contribution in [0.2, 0.25) is 0 Å². The lowest BCUT2D eigenvalue weighted by molar-refractivity contribution is -0.125. The molecule has 0 aromatic heterocycles. The van der Waals surface area contributed by atoms with Crippen LogP contribution in [-0.2, 0) is 4.79 Å². The van der Waals surface area contributed by atoms with Gasteiger partial charge in [0.15, 0.2) is 0 Å². The van der Waals surface area contributed by atoms with Crippen LogP contribution >= 0.6 is 0 Å². The highest BCUT2D eigenvalue weighted by Crippen LogP contribution is 2.48. The quantitative estimate of drug-likeness (QED) is 0.735. The van der Waals surface area contributed by atoms with Crippen molar-refractivity contribution in [1.82, 2.24) is 5.32 Å². The average molecular weight is 205 g/mol. The molecular formula is C10H17F2NO. The maximum atomic E-state index is 12.5. The van der Waals surface area contributed by atoms with E-state index in [1.165, 1.54) is 0 Å². The molecule has 2 unspecified atom stereocenters. The molecule has 0 aromatic carbocycles. The lowest BCUT2D eigenvalue weighted by atomic mass is 9.88. The highest BCUT2D eigenvalue weighted by molar-refractivity contribution is 5.83. The van der Waals surface area contributed by atoms with Crippen molar-refractivity contribution in [2.24, 2.45) is 11.3 Å². The number of rotatable bonds is 2. The molecule has 0 radical (unpaired) electrons. The molecule has 1 fully saturated rings. The number of halogens is 2. The Hall–Kier alpha value is -0.670. The van der Waals surface area contributed by atoms with E-state index < -0.39 is 17.7 Å². The third-order valence-electron chi connectivity index (χ3n) is 2.80. The molecule has 0 saturated heterocycles. The molecule has 0 aromatic rings.